The Morgan fingerprint density at radius 2 is 1.93 bits per heavy atom. The molecule has 78 valence electrons. The zero-order valence-electron chi connectivity index (χ0n) is 6.68. The molecule has 6 heteroatoms. The lowest BCUT2D eigenvalue weighted by atomic mass is 10.3. The third kappa shape index (κ3) is 3.06. The van der Waals surface area contributed by atoms with Crippen molar-refractivity contribution in [1.29, 1.82) is 0 Å². The molecule has 1 rings (SSSR count). The van der Waals surface area contributed by atoms with E-state index in [4.69, 9.17) is 11.6 Å². The van der Waals surface area contributed by atoms with Crippen LogP contribution in [0, 0.1) is 0 Å². The van der Waals surface area contributed by atoms with Gasteiger partial charge in [0, 0.05) is 5.02 Å². The smallest absolute Gasteiger partial charge is 0.452 e. The average Bonchev–Trinajstić information content (AvgIpc) is 2.02. The minimum Gasteiger partial charge on any atom is -0.452 e. The van der Waals surface area contributed by atoms with Gasteiger partial charge in [0.1, 0.15) is 5.75 Å². The highest BCUT2D eigenvalue weighted by Crippen LogP contribution is 2.27. The molecule has 0 bridgehead atoms. The summed E-state index contributed by atoms with van der Waals surface area (Å²) < 4.78 is 51.4. The highest BCUT2D eigenvalue weighted by atomic mass is 35.5. The predicted molar refractivity (Wildman–Crippen MR) is 43.0 cm³/mol. The molecule has 0 aromatic heterocycles. The molecule has 1 nitrogen and oxygen atoms in total. The number of alkyl halides is 4. The second kappa shape index (κ2) is 4.04. The van der Waals surface area contributed by atoms with Gasteiger partial charge in [0.15, 0.2) is 0 Å². The van der Waals surface area contributed by atoms with Crippen LogP contribution in [0.15, 0.2) is 24.3 Å². The largest absolute Gasteiger partial charge is 0.457 e. The third-order valence-corrected chi connectivity index (χ3v) is 1.53. The van der Waals surface area contributed by atoms with Crippen molar-refractivity contribution in [1.82, 2.24) is 0 Å². The molecule has 1 aromatic carbocycles. The number of rotatable bonds is 2. The Morgan fingerprint density at radius 1 is 1.29 bits per heavy atom. The van der Waals surface area contributed by atoms with Crippen LogP contribution in [-0.2, 0) is 0 Å². The number of benzene rings is 1. The van der Waals surface area contributed by atoms with E-state index in [1.807, 2.05) is 0 Å². The molecule has 1 atom stereocenters. The minimum absolute atomic E-state index is 0.178. The normalized spacial score (nSPS) is 13.8. The van der Waals surface area contributed by atoms with Gasteiger partial charge in [0.2, 0.25) is 0 Å². The Morgan fingerprint density at radius 3 is 2.43 bits per heavy atom. The van der Waals surface area contributed by atoms with E-state index in [2.05, 4.69) is 4.74 Å². The molecule has 1 aromatic rings. The first kappa shape index (κ1) is 11.1. The standard InChI is InChI=1S/C8H5ClF4O/c9-5-2-1-3-6(4-5)14-7(10)8(11,12)13/h1-4,7H. The average molecular weight is 229 g/mol. The third-order valence-electron chi connectivity index (χ3n) is 1.29. The van der Waals surface area contributed by atoms with Gasteiger partial charge >= 0.3 is 12.5 Å². The van der Waals surface area contributed by atoms with Crippen LogP contribution >= 0.6 is 11.6 Å². The van der Waals surface area contributed by atoms with Crippen molar-refractivity contribution < 1.29 is 22.3 Å². The molecule has 1 unspecified atom stereocenters. The zero-order valence-corrected chi connectivity index (χ0v) is 7.44. The van der Waals surface area contributed by atoms with Crippen molar-refractivity contribution in [2.75, 3.05) is 0 Å². The fourth-order valence-corrected chi connectivity index (χ4v) is 0.907. The van der Waals surface area contributed by atoms with Gasteiger partial charge in [-0.3, -0.25) is 0 Å². The van der Waals surface area contributed by atoms with Crippen LogP contribution in [0.4, 0.5) is 17.6 Å². The summed E-state index contributed by atoms with van der Waals surface area (Å²) in [7, 11) is 0. The Balaban J connectivity index is 2.70. The van der Waals surface area contributed by atoms with E-state index in [1.54, 1.807) is 0 Å². The molecule has 0 N–H and O–H groups in total. The van der Waals surface area contributed by atoms with E-state index in [9.17, 15) is 17.6 Å². The summed E-state index contributed by atoms with van der Waals surface area (Å²) in [6.07, 6.45) is -8.36. The summed E-state index contributed by atoms with van der Waals surface area (Å²) in [4.78, 5) is 0. The second-order valence-corrected chi connectivity index (χ2v) is 2.87. The lowest BCUT2D eigenvalue weighted by Crippen LogP contribution is -2.29. The monoisotopic (exact) mass is 228 g/mol. The minimum atomic E-state index is -5.03. The first-order chi connectivity index (χ1) is 6.39. The Bertz CT molecular complexity index is 312. The van der Waals surface area contributed by atoms with Crippen LogP contribution in [0.5, 0.6) is 5.75 Å². The van der Waals surface area contributed by atoms with Gasteiger partial charge in [-0.15, -0.1) is 0 Å². The Kier molecular flexibility index (Phi) is 3.21. The quantitative estimate of drug-likeness (QED) is 0.703. The molecular weight excluding hydrogens is 224 g/mol. The maximum absolute atomic E-state index is 12.3. The molecule has 0 aliphatic rings. The van der Waals surface area contributed by atoms with Crippen LogP contribution in [0.1, 0.15) is 0 Å². The first-order valence-corrected chi connectivity index (χ1v) is 3.90. The van der Waals surface area contributed by atoms with Gasteiger partial charge in [-0.2, -0.15) is 17.6 Å². The van der Waals surface area contributed by atoms with Crippen molar-refractivity contribution in [3.63, 3.8) is 0 Å². The van der Waals surface area contributed by atoms with Gasteiger partial charge in [0.05, 0.1) is 0 Å². The van der Waals surface area contributed by atoms with Gasteiger partial charge in [0.25, 0.3) is 0 Å². The predicted octanol–water partition coefficient (Wildman–Crippen LogP) is 3.58. The Labute approximate surface area is 82.2 Å². The van der Waals surface area contributed by atoms with Crippen LogP contribution in [0.2, 0.25) is 5.02 Å². The molecule has 0 spiro atoms. The van der Waals surface area contributed by atoms with E-state index in [0.717, 1.165) is 6.07 Å². The number of hydrogen-bond donors (Lipinski definition) is 0. The number of hydrogen-bond acceptors (Lipinski definition) is 1. The van der Waals surface area contributed by atoms with Crippen LogP contribution < -0.4 is 4.74 Å². The molecule has 0 saturated heterocycles. The van der Waals surface area contributed by atoms with Gasteiger partial charge in [-0.1, -0.05) is 17.7 Å². The molecule has 0 fully saturated rings. The summed E-state index contributed by atoms with van der Waals surface area (Å²) in [6.45, 7) is 0. The lowest BCUT2D eigenvalue weighted by molar-refractivity contribution is -0.236. The Hall–Kier alpha value is -0.970. The summed E-state index contributed by atoms with van der Waals surface area (Å²) in [5.74, 6) is -0.262. The molecule has 0 aliphatic carbocycles. The van der Waals surface area contributed by atoms with E-state index >= 15 is 0 Å². The van der Waals surface area contributed by atoms with Crippen LogP contribution in [-0.4, -0.2) is 12.5 Å². The molecule has 0 radical (unpaired) electrons. The SMILES string of the molecule is FC(Oc1cccc(Cl)c1)C(F)(F)F. The summed E-state index contributed by atoms with van der Waals surface area (Å²) in [6, 6.07) is 5.08. The van der Waals surface area contributed by atoms with E-state index in [1.165, 1.54) is 18.2 Å². The lowest BCUT2D eigenvalue weighted by Gasteiger charge is -2.13. The fourth-order valence-electron chi connectivity index (χ4n) is 0.727. The van der Waals surface area contributed by atoms with Crippen LogP contribution in [0.25, 0.3) is 0 Å². The number of ether oxygens (including phenoxy) is 1. The van der Waals surface area contributed by atoms with Crippen molar-refractivity contribution in [2.45, 2.75) is 12.5 Å². The second-order valence-electron chi connectivity index (χ2n) is 2.43. The summed E-state index contributed by atoms with van der Waals surface area (Å²) in [5.41, 5.74) is 0. The number of halogens is 5. The van der Waals surface area contributed by atoms with E-state index in [0.29, 0.717) is 0 Å². The molecule has 14 heavy (non-hydrogen) atoms. The van der Waals surface area contributed by atoms with Crippen LogP contribution in [0.3, 0.4) is 0 Å². The van der Waals surface area contributed by atoms with Gasteiger partial charge in [-0.05, 0) is 18.2 Å². The van der Waals surface area contributed by atoms with Crippen molar-refractivity contribution in [2.24, 2.45) is 0 Å². The van der Waals surface area contributed by atoms with Crippen molar-refractivity contribution >= 4 is 11.6 Å². The van der Waals surface area contributed by atoms with E-state index < -0.39 is 12.5 Å². The molecule has 0 saturated carbocycles. The maximum Gasteiger partial charge on any atom is 0.457 e. The molecular formula is C8H5ClF4O. The van der Waals surface area contributed by atoms with Gasteiger partial charge < -0.3 is 4.74 Å². The van der Waals surface area contributed by atoms with Crippen molar-refractivity contribution in [3.8, 4) is 5.75 Å². The van der Waals surface area contributed by atoms with E-state index in [-0.39, 0.29) is 10.8 Å². The maximum atomic E-state index is 12.3. The highest BCUT2D eigenvalue weighted by molar-refractivity contribution is 6.30. The first-order valence-electron chi connectivity index (χ1n) is 3.52. The highest BCUT2D eigenvalue weighted by Gasteiger charge is 2.42. The summed E-state index contributed by atoms with van der Waals surface area (Å²) in [5, 5.41) is 0.178. The summed E-state index contributed by atoms with van der Waals surface area (Å²) >= 11 is 5.46. The molecule has 0 heterocycles. The molecule has 0 amide bonds. The topological polar surface area (TPSA) is 9.23 Å². The van der Waals surface area contributed by atoms with Gasteiger partial charge in [-0.25, -0.2) is 0 Å². The zero-order chi connectivity index (χ0) is 10.8. The molecule has 0 aliphatic heterocycles. The fraction of sp³-hybridized carbons (Fsp3) is 0.250. The van der Waals surface area contributed by atoms with Crippen molar-refractivity contribution in [3.05, 3.63) is 29.3 Å².